The average molecular weight is 286 g/mol. The van der Waals surface area contributed by atoms with Gasteiger partial charge in [0.1, 0.15) is 6.07 Å². The van der Waals surface area contributed by atoms with Crippen molar-refractivity contribution in [3.05, 3.63) is 26.8 Å². The first-order valence-electron chi connectivity index (χ1n) is 3.57. The van der Waals surface area contributed by atoms with Crippen molar-refractivity contribution in [1.82, 2.24) is 0 Å². The fraction of sp³-hybridized carbons (Fsp3) is 0.111. The number of carbonyl (C=O) groups excluding carboxylic acids is 1. The van der Waals surface area contributed by atoms with Crippen LogP contribution in [-0.2, 0) is 0 Å². The van der Waals surface area contributed by atoms with Crippen LogP contribution in [0.1, 0.15) is 22.8 Å². The van der Waals surface area contributed by atoms with Crippen LogP contribution in [-0.4, -0.2) is 5.78 Å². The van der Waals surface area contributed by atoms with Crippen LogP contribution in [0.2, 0.25) is 0 Å². The van der Waals surface area contributed by atoms with Gasteiger partial charge in [-0.2, -0.15) is 5.26 Å². The second kappa shape index (κ2) is 3.75. The summed E-state index contributed by atoms with van der Waals surface area (Å²) in [4.78, 5) is 11.1. The van der Waals surface area contributed by atoms with Crippen LogP contribution in [0.15, 0.2) is 12.1 Å². The molecule has 3 nitrogen and oxygen atoms in total. The van der Waals surface area contributed by atoms with Gasteiger partial charge in [0.2, 0.25) is 0 Å². The molecule has 0 spiro atoms. The van der Waals surface area contributed by atoms with Gasteiger partial charge < -0.3 is 5.73 Å². The predicted molar refractivity (Wildman–Crippen MR) is 58.3 cm³/mol. The SMILES string of the molecule is CC(=O)c1ccc(N)c(I)c1C#N. The number of hydrogen-bond acceptors (Lipinski definition) is 3. The molecule has 0 atom stereocenters. The predicted octanol–water partition coefficient (Wildman–Crippen LogP) is 1.95. The first kappa shape index (κ1) is 9.99. The fourth-order valence-electron chi connectivity index (χ4n) is 0.995. The van der Waals surface area contributed by atoms with Crippen LogP contribution in [0, 0.1) is 14.9 Å². The van der Waals surface area contributed by atoms with E-state index in [4.69, 9.17) is 11.0 Å². The van der Waals surface area contributed by atoms with Gasteiger partial charge in [-0.3, -0.25) is 4.79 Å². The van der Waals surface area contributed by atoms with E-state index in [1.54, 1.807) is 12.1 Å². The molecule has 66 valence electrons. The summed E-state index contributed by atoms with van der Waals surface area (Å²) in [6.07, 6.45) is 0. The smallest absolute Gasteiger partial charge is 0.161 e. The molecule has 1 rings (SSSR count). The van der Waals surface area contributed by atoms with E-state index in [1.807, 2.05) is 28.7 Å². The monoisotopic (exact) mass is 286 g/mol. The van der Waals surface area contributed by atoms with Gasteiger partial charge in [0.05, 0.1) is 9.13 Å². The Morgan fingerprint density at radius 2 is 2.23 bits per heavy atom. The van der Waals surface area contributed by atoms with Gasteiger partial charge in [0, 0.05) is 11.3 Å². The second-order valence-corrected chi connectivity index (χ2v) is 3.64. The number of nitrogens with two attached hydrogens (primary N) is 1. The standard InChI is InChI=1S/C9H7IN2O/c1-5(13)6-2-3-8(12)9(10)7(6)4-11/h2-3H,12H2,1H3. The Morgan fingerprint density at radius 1 is 1.62 bits per heavy atom. The normalized spacial score (nSPS) is 9.31. The van der Waals surface area contributed by atoms with E-state index < -0.39 is 0 Å². The molecular formula is C9H7IN2O. The zero-order valence-corrected chi connectivity index (χ0v) is 9.12. The molecular weight excluding hydrogens is 279 g/mol. The molecule has 0 heterocycles. The lowest BCUT2D eigenvalue weighted by molar-refractivity contribution is 0.101. The molecule has 2 N–H and O–H groups in total. The van der Waals surface area contributed by atoms with Crippen LogP contribution in [0.4, 0.5) is 5.69 Å². The summed E-state index contributed by atoms with van der Waals surface area (Å²) in [6, 6.07) is 5.20. The van der Waals surface area contributed by atoms with Gasteiger partial charge in [0.15, 0.2) is 5.78 Å². The lowest BCUT2D eigenvalue weighted by Gasteiger charge is -2.04. The number of rotatable bonds is 1. The largest absolute Gasteiger partial charge is 0.398 e. The number of ketones is 1. The van der Waals surface area contributed by atoms with Crippen LogP contribution in [0.5, 0.6) is 0 Å². The maximum atomic E-state index is 11.1. The van der Waals surface area contributed by atoms with Gasteiger partial charge in [0.25, 0.3) is 0 Å². The zero-order valence-electron chi connectivity index (χ0n) is 6.97. The van der Waals surface area contributed by atoms with Gasteiger partial charge in [-0.25, -0.2) is 0 Å². The Labute approximate surface area is 89.7 Å². The summed E-state index contributed by atoms with van der Waals surface area (Å²) in [7, 11) is 0. The van der Waals surface area contributed by atoms with Crippen molar-refractivity contribution in [2.24, 2.45) is 0 Å². The minimum absolute atomic E-state index is 0.116. The van der Waals surface area contributed by atoms with Gasteiger partial charge in [-0.05, 0) is 41.6 Å². The van der Waals surface area contributed by atoms with E-state index >= 15 is 0 Å². The van der Waals surface area contributed by atoms with Crippen LogP contribution in [0.3, 0.4) is 0 Å². The van der Waals surface area contributed by atoms with Crippen molar-refractivity contribution in [1.29, 1.82) is 5.26 Å². The molecule has 0 aliphatic carbocycles. The van der Waals surface area contributed by atoms with E-state index in [0.717, 1.165) is 0 Å². The third-order valence-electron chi connectivity index (χ3n) is 1.66. The zero-order chi connectivity index (χ0) is 10.0. The van der Waals surface area contributed by atoms with E-state index in [1.165, 1.54) is 6.92 Å². The molecule has 0 amide bonds. The Bertz CT molecular complexity index is 407. The van der Waals surface area contributed by atoms with Crippen molar-refractivity contribution < 1.29 is 4.79 Å². The third kappa shape index (κ3) is 1.80. The first-order valence-corrected chi connectivity index (χ1v) is 4.64. The topological polar surface area (TPSA) is 66.9 Å². The van der Waals surface area contributed by atoms with Gasteiger partial charge in [-0.1, -0.05) is 0 Å². The van der Waals surface area contributed by atoms with Crippen molar-refractivity contribution in [2.75, 3.05) is 5.73 Å². The number of nitrogen functional groups attached to an aromatic ring is 1. The summed E-state index contributed by atoms with van der Waals surface area (Å²) in [5.74, 6) is -0.116. The minimum atomic E-state index is -0.116. The fourth-order valence-corrected chi connectivity index (χ4v) is 1.59. The summed E-state index contributed by atoms with van der Waals surface area (Å²) in [6.45, 7) is 1.43. The number of nitriles is 1. The quantitative estimate of drug-likeness (QED) is 0.487. The summed E-state index contributed by atoms with van der Waals surface area (Å²) >= 11 is 1.96. The molecule has 1 aromatic carbocycles. The van der Waals surface area contributed by atoms with Gasteiger partial charge in [-0.15, -0.1) is 0 Å². The second-order valence-electron chi connectivity index (χ2n) is 2.56. The average Bonchev–Trinajstić information content (AvgIpc) is 2.09. The molecule has 0 aliphatic heterocycles. The van der Waals surface area contributed by atoms with Crippen LogP contribution in [0.25, 0.3) is 0 Å². The number of anilines is 1. The lowest BCUT2D eigenvalue weighted by Crippen LogP contribution is -2.01. The van der Waals surface area contributed by atoms with Crippen molar-refractivity contribution in [3.8, 4) is 6.07 Å². The van der Waals surface area contributed by atoms with Crippen molar-refractivity contribution in [2.45, 2.75) is 6.92 Å². The Kier molecular flexibility index (Phi) is 2.88. The summed E-state index contributed by atoms with van der Waals surface area (Å²) in [5, 5.41) is 8.81. The molecule has 0 aliphatic rings. The molecule has 0 saturated heterocycles. The summed E-state index contributed by atoms with van der Waals surface area (Å²) in [5.41, 5.74) is 6.93. The van der Waals surface area contributed by atoms with E-state index in [-0.39, 0.29) is 5.78 Å². The summed E-state index contributed by atoms with van der Waals surface area (Å²) < 4.78 is 0.646. The third-order valence-corrected chi connectivity index (χ3v) is 2.83. The maximum absolute atomic E-state index is 11.1. The highest BCUT2D eigenvalue weighted by atomic mass is 127. The van der Waals surface area contributed by atoms with E-state index in [9.17, 15) is 4.79 Å². The molecule has 0 saturated carbocycles. The van der Waals surface area contributed by atoms with Crippen LogP contribution >= 0.6 is 22.6 Å². The Morgan fingerprint density at radius 3 is 2.69 bits per heavy atom. The number of halogens is 1. The first-order chi connectivity index (χ1) is 6.07. The molecule has 13 heavy (non-hydrogen) atoms. The van der Waals surface area contributed by atoms with Crippen molar-refractivity contribution in [3.63, 3.8) is 0 Å². The van der Waals surface area contributed by atoms with Gasteiger partial charge >= 0.3 is 0 Å². The molecule has 4 heteroatoms. The number of carbonyl (C=O) groups is 1. The molecule has 0 fully saturated rings. The van der Waals surface area contributed by atoms with E-state index in [2.05, 4.69) is 0 Å². The number of hydrogen-bond donors (Lipinski definition) is 1. The molecule has 0 bridgehead atoms. The molecule has 0 radical (unpaired) electrons. The Hall–Kier alpha value is -1.09. The van der Waals surface area contributed by atoms with Crippen LogP contribution < -0.4 is 5.73 Å². The number of Topliss-reactive ketones (excluding diaryl/α,β-unsaturated/α-hetero) is 1. The van der Waals surface area contributed by atoms with Crippen molar-refractivity contribution >= 4 is 34.1 Å². The molecule has 0 aromatic heterocycles. The number of benzene rings is 1. The highest BCUT2D eigenvalue weighted by molar-refractivity contribution is 14.1. The number of nitrogens with zero attached hydrogens (tertiary/aromatic N) is 1. The van der Waals surface area contributed by atoms with E-state index in [0.29, 0.717) is 20.4 Å². The Balaban J connectivity index is 3.50. The highest BCUT2D eigenvalue weighted by Gasteiger charge is 2.11. The lowest BCUT2D eigenvalue weighted by atomic mass is 10.0. The molecule has 1 aromatic rings. The minimum Gasteiger partial charge on any atom is -0.398 e. The highest BCUT2D eigenvalue weighted by Crippen LogP contribution is 2.22. The molecule has 0 unspecified atom stereocenters. The maximum Gasteiger partial charge on any atom is 0.161 e.